The summed E-state index contributed by atoms with van der Waals surface area (Å²) < 4.78 is 0. The zero-order chi connectivity index (χ0) is 11.4. The summed E-state index contributed by atoms with van der Waals surface area (Å²) in [6.07, 6.45) is 2.26. The van der Waals surface area contributed by atoms with E-state index >= 15 is 0 Å². The van der Waals surface area contributed by atoms with E-state index in [0.717, 1.165) is 6.21 Å². The average molecular weight is 207 g/mol. The van der Waals surface area contributed by atoms with Gasteiger partial charge in [-0.15, -0.1) is 0 Å². The number of nitrogens with one attached hydrogen (secondary N) is 2. The van der Waals surface area contributed by atoms with Gasteiger partial charge < -0.3 is 22.2 Å². The Balaban J connectivity index is 3.15. The first-order valence-corrected chi connectivity index (χ1v) is 3.90. The molecule has 0 bridgehead atoms. The molecule has 0 aromatic carbocycles. The summed E-state index contributed by atoms with van der Waals surface area (Å²) in [4.78, 5) is 24.6. The van der Waals surface area contributed by atoms with E-state index in [-0.39, 0.29) is 29.0 Å². The molecule has 0 aliphatic heterocycles. The molecule has 0 spiro atoms. The lowest BCUT2D eigenvalue weighted by atomic mass is 10.2. The zero-order valence-electron chi connectivity index (χ0n) is 7.65. The van der Waals surface area contributed by atoms with Crippen molar-refractivity contribution < 1.29 is 9.59 Å². The van der Waals surface area contributed by atoms with Crippen LogP contribution in [0.25, 0.3) is 0 Å². The predicted octanol–water partition coefficient (Wildman–Crippen LogP) is -0.619. The Morgan fingerprint density at radius 3 is 2.73 bits per heavy atom. The second kappa shape index (κ2) is 4.18. The summed E-state index contributed by atoms with van der Waals surface area (Å²) in [6.45, 7) is 0. The van der Waals surface area contributed by atoms with Gasteiger partial charge in [0, 0.05) is 6.21 Å². The highest BCUT2D eigenvalue weighted by molar-refractivity contribution is 6.30. The third-order valence-electron chi connectivity index (χ3n) is 1.70. The zero-order valence-corrected chi connectivity index (χ0v) is 7.65. The van der Waals surface area contributed by atoms with Gasteiger partial charge >= 0.3 is 0 Å². The molecule has 0 aliphatic rings. The van der Waals surface area contributed by atoms with Gasteiger partial charge in [0.05, 0.1) is 23.1 Å². The van der Waals surface area contributed by atoms with Crippen LogP contribution in [0.2, 0.25) is 0 Å². The SMILES string of the molecule is N=Cc1c(N)ncc(NC(=O)C=O)c1N. The first kappa shape index (κ1) is 10.6. The topological polar surface area (TPSA) is 135 Å². The van der Waals surface area contributed by atoms with Crippen LogP contribution in [0, 0.1) is 5.41 Å². The number of nitrogens with two attached hydrogens (primary N) is 2. The van der Waals surface area contributed by atoms with Crippen molar-refractivity contribution >= 4 is 35.6 Å². The molecule has 1 aromatic rings. The quantitative estimate of drug-likeness (QED) is 0.297. The highest BCUT2D eigenvalue weighted by Crippen LogP contribution is 2.23. The lowest BCUT2D eigenvalue weighted by Crippen LogP contribution is -2.15. The molecule has 1 amide bonds. The summed E-state index contributed by atoms with van der Waals surface area (Å²) in [5.41, 5.74) is 11.5. The van der Waals surface area contributed by atoms with Gasteiger partial charge in [0.25, 0.3) is 5.91 Å². The molecule has 15 heavy (non-hydrogen) atoms. The Morgan fingerprint density at radius 1 is 1.53 bits per heavy atom. The fraction of sp³-hybridized carbons (Fsp3) is 0. The van der Waals surface area contributed by atoms with E-state index in [4.69, 9.17) is 16.9 Å². The Morgan fingerprint density at radius 2 is 2.20 bits per heavy atom. The van der Waals surface area contributed by atoms with Crippen LogP contribution in [-0.2, 0) is 9.59 Å². The third-order valence-corrected chi connectivity index (χ3v) is 1.70. The van der Waals surface area contributed by atoms with Crippen molar-refractivity contribution in [2.75, 3.05) is 16.8 Å². The summed E-state index contributed by atoms with van der Waals surface area (Å²) in [7, 11) is 0. The average Bonchev–Trinajstić information content (AvgIpc) is 2.23. The molecule has 1 rings (SSSR count). The van der Waals surface area contributed by atoms with Crippen molar-refractivity contribution in [1.82, 2.24) is 4.98 Å². The number of nitrogens with zero attached hydrogens (tertiary/aromatic N) is 1. The van der Waals surface area contributed by atoms with Crippen molar-refractivity contribution in [2.24, 2.45) is 0 Å². The fourth-order valence-electron chi connectivity index (χ4n) is 0.970. The maximum atomic E-state index is 10.8. The normalized spacial score (nSPS) is 9.33. The van der Waals surface area contributed by atoms with Crippen LogP contribution in [0.15, 0.2) is 6.20 Å². The summed E-state index contributed by atoms with van der Waals surface area (Å²) >= 11 is 0. The Bertz CT molecular complexity index is 429. The molecule has 7 heteroatoms. The van der Waals surface area contributed by atoms with E-state index in [9.17, 15) is 9.59 Å². The van der Waals surface area contributed by atoms with E-state index < -0.39 is 5.91 Å². The molecule has 1 aromatic heterocycles. The van der Waals surface area contributed by atoms with Crippen LogP contribution < -0.4 is 16.8 Å². The number of amides is 1. The Kier molecular flexibility index (Phi) is 2.97. The maximum Gasteiger partial charge on any atom is 0.288 e. The third kappa shape index (κ3) is 2.08. The largest absolute Gasteiger partial charge is 0.396 e. The predicted molar refractivity (Wildman–Crippen MR) is 55.6 cm³/mol. The number of hydrogen-bond donors (Lipinski definition) is 4. The number of anilines is 3. The van der Waals surface area contributed by atoms with Crippen molar-refractivity contribution in [3.8, 4) is 0 Å². The highest BCUT2D eigenvalue weighted by Gasteiger charge is 2.10. The second-order valence-electron chi connectivity index (χ2n) is 2.64. The van der Waals surface area contributed by atoms with E-state index in [1.165, 1.54) is 6.20 Å². The van der Waals surface area contributed by atoms with Gasteiger partial charge in [-0.2, -0.15) is 0 Å². The van der Waals surface area contributed by atoms with Gasteiger partial charge in [0.15, 0.2) is 0 Å². The molecule has 0 fully saturated rings. The van der Waals surface area contributed by atoms with Gasteiger partial charge in [0.1, 0.15) is 5.82 Å². The summed E-state index contributed by atoms with van der Waals surface area (Å²) in [5.74, 6) is -0.754. The van der Waals surface area contributed by atoms with E-state index in [1.807, 2.05) is 0 Å². The Labute approximate surface area is 85.0 Å². The van der Waals surface area contributed by atoms with Crippen LogP contribution in [0.1, 0.15) is 5.56 Å². The highest BCUT2D eigenvalue weighted by atomic mass is 16.2. The number of aromatic nitrogens is 1. The molecule has 7 nitrogen and oxygen atoms in total. The first-order valence-electron chi connectivity index (χ1n) is 3.90. The minimum absolute atomic E-state index is 0.0894. The second-order valence-corrected chi connectivity index (χ2v) is 2.64. The number of pyridine rings is 1. The van der Waals surface area contributed by atoms with Crippen LogP contribution in [-0.4, -0.2) is 23.4 Å². The molecule has 0 radical (unpaired) electrons. The minimum Gasteiger partial charge on any atom is -0.396 e. The monoisotopic (exact) mass is 207 g/mol. The lowest BCUT2D eigenvalue weighted by Gasteiger charge is -2.08. The number of nitrogen functional groups attached to an aromatic ring is 2. The van der Waals surface area contributed by atoms with Gasteiger partial charge in [-0.1, -0.05) is 0 Å². The summed E-state index contributed by atoms with van der Waals surface area (Å²) in [5, 5.41) is 9.25. The number of aldehydes is 1. The van der Waals surface area contributed by atoms with Crippen LogP contribution in [0.5, 0.6) is 0 Å². The number of rotatable bonds is 3. The minimum atomic E-state index is -0.843. The standard InChI is InChI=1S/C8H9N5O2/c9-1-4-7(10)5(2-12-8(4)11)13-6(15)3-14/h1-3,9H,(H,13,15)(H4,10,11,12). The maximum absolute atomic E-state index is 10.8. The van der Waals surface area contributed by atoms with E-state index in [1.54, 1.807) is 0 Å². The van der Waals surface area contributed by atoms with Crippen molar-refractivity contribution in [2.45, 2.75) is 0 Å². The molecular formula is C8H9N5O2. The molecule has 0 unspecified atom stereocenters. The van der Waals surface area contributed by atoms with Crippen molar-refractivity contribution in [3.05, 3.63) is 11.8 Å². The smallest absolute Gasteiger partial charge is 0.288 e. The molecular weight excluding hydrogens is 198 g/mol. The van der Waals surface area contributed by atoms with Crippen molar-refractivity contribution in [1.29, 1.82) is 5.41 Å². The lowest BCUT2D eigenvalue weighted by molar-refractivity contribution is -0.127. The molecule has 1 heterocycles. The van der Waals surface area contributed by atoms with Gasteiger partial charge in [-0.05, 0) is 0 Å². The number of hydrogen-bond acceptors (Lipinski definition) is 6. The first-order chi connectivity index (χ1) is 7.10. The molecule has 0 saturated heterocycles. The van der Waals surface area contributed by atoms with Crippen LogP contribution in [0.4, 0.5) is 17.2 Å². The van der Waals surface area contributed by atoms with Crippen molar-refractivity contribution in [3.63, 3.8) is 0 Å². The van der Waals surface area contributed by atoms with Gasteiger partial charge in [-0.25, -0.2) is 4.98 Å². The summed E-state index contributed by atoms with van der Waals surface area (Å²) in [6, 6.07) is 0. The molecule has 6 N–H and O–H groups in total. The Hall–Kier alpha value is -2.44. The molecule has 0 atom stereocenters. The number of carbonyl (C=O) groups is 2. The van der Waals surface area contributed by atoms with Crippen LogP contribution in [0.3, 0.4) is 0 Å². The number of carbonyl (C=O) groups excluding carboxylic acids is 2. The molecule has 78 valence electrons. The molecule has 0 aliphatic carbocycles. The molecule has 0 saturated carbocycles. The fourth-order valence-corrected chi connectivity index (χ4v) is 0.970. The van der Waals surface area contributed by atoms with E-state index in [2.05, 4.69) is 10.3 Å². The van der Waals surface area contributed by atoms with E-state index in [0.29, 0.717) is 0 Å². The van der Waals surface area contributed by atoms with Gasteiger partial charge in [0.2, 0.25) is 6.29 Å². The van der Waals surface area contributed by atoms with Crippen LogP contribution >= 0.6 is 0 Å². The van der Waals surface area contributed by atoms with Gasteiger partial charge in [-0.3, -0.25) is 9.59 Å².